The van der Waals surface area contributed by atoms with Crippen LogP contribution in [0, 0.1) is 19.0 Å². The number of benzene rings is 4. The van der Waals surface area contributed by atoms with Crippen molar-refractivity contribution in [1.29, 1.82) is 0 Å². The summed E-state index contributed by atoms with van der Waals surface area (Å²) >= 11 is 0. The summed E-state index contributed by atoms with van der Waals surface area (Å²) in [6, 6.07) is 38.0. The zero-order valence-corrected chi connectivity index (χ0v) is 34.9. The zero-order chi connectivity index (χ0) is 40.8. The SMILES string of the molecule is [2H]C(C)(C)c1ccnc(-c2[c-]cc3oc4cccc(C(C)(C)c5ccccc5)c4c3c2)c1.[2H]C([2H])([2H])c1c[c-]c(-c2cc(C([2H])(C)C)c([Si](C)(C)C)cn2)cc1.[Ir]. The summed E-state index contributed by atoms with van der Waals surface area (Å²) in [5.41, 5.74) is 9.37. The third-order valence-corrected chi connectivity index (χ3v) is 11.6. The van der Waals surface area contributed by atoms with E-state index in [9.17, 15) is 0 Å². The minimum absolute atomic E-state index is 0. The number of rotatable bonds is 7. The number of fused-ring (bicyclic) bond motifs is 3. The first-order valence-corrected chi connectivity index (χ1v) is 21.0. The summed E-state index contributed by atoms with van der Waals surface area (Å²) in [4.78, 5) is 9.13. The van der Waals surface area contributed by atoms with Gasteiger partial charge in [-0.3, -0.25) is 0 Å². The maximum Gasteiger partial charge on any atom is 0.121 e. The topological polar surface area (TPSA) is 38.9 Å². The second kappa shape index (κ2) is 15.8. The Morgan fingerprint density at radius 2 is 1.50 bits per heavy atom. The van der Waals surface area contributed by atoms with E-state index in [-0.39, 0.29) is 31.1 Å². The number of furan rings is 1. The Balaban J connectivity index is 0.000000223. The van der Waals surface area contributed by atoms with Crippen molar-refractivity contribution < 1.29 is 31.4 Å². The number of pyridine rings is 2. The molecule has 0 N–H and O–H groups in total. The van der Waals surface area contributed by atoms with Gasteiger partial charge in [0, 0.05) is 50.2 Å². The molecule has 3 aromatic heterocycles. The van der Waals surface area contributed by atoms with Gasteiger partial charge >= 0.3 is 0 Å². The van der Waals surface area contributed by atoms with Gasteiger partial charge in [-0.25, -0.2) is 0 Å². The molecule has 3 heterocycles. The van der Waals surface area contributed by atoms with Crippen LogP contribution in [0.2, 0.25) is 19.6 Å². The smallest absolute Gasteiger partial charge is 0.121 e. The van der Waals surface area contributed by atoms with Crippen LogP contribution in [0.15, 0.2) is 114 Å². The average Bonchev–Trinajstić information content (AvgIpc) is 3.52. The van der Waals surface area contributed by atoms with E-state index in [4.69, 9.17) is 11.3 Å². The van der Waals surface area contributed by atoms with Crippen molar-refractivity contribution >= 4 is 35.2 Å². The van der Waals surface area contributed by atoms with Gasteiger partial charge in [-0.1, -0.05) is 139 Å². The molecule has 0 aliphatic carbocycles. The fourth-order valence-corrected chi connectivity index (χ4v) is 8.12. The minimum atomic E-state index is -2.13. The molecule has 0 aliphatic heterocycles. The van der Waals surface area contributed by atoms with Gasteiger partial charge in [-0.15, -0.1) is 59.2 Å². The van der Waals surface area contributed by atoms with Crippen LogP contribution in [-0.4, -0.2) is 18.0 Å². The molecular weight excluding hydrogens is 829 g/mol. The first-order chi connectivity index (χ1) is 26.0. The van der Waals surface area contributed by atoms with Gasteiger partial charge in [-0.2, -0.15) is 0 Å². The predicted molar refractivity (Wildman–Crippen MR) is 219 cm³/mol. The molecule has 7 aromatic rings. The molecule has 0 spiro atoms. The standard InChI is InChI=1S/C29H26NO.C18H24NSi.Ir/c1-19(2)20-15-16-30-25(18-20)21-13-14-26-23(17-21)28-24(11-8-12-27(28)31-26)29(3,4)22-9-6-5-7-10-22;1-13(2)16-11-17(15-9-7-14(3)8-10-15)19-12-18(16)20(4,5)6;/h5-12,14-19H,1-4H3;7-9,11-13H,1-6H3;/q2*-1;/i19D;3D3,13D;. The van der Waals surface area contributed by atoms with Crippen LogP contribution in [0.4, 0.5) is 0 Å². The van der Waals surface area contributed by atoms with Gasteiger partial charge in [0.05, 0.1) is 13.7 Å². The summed E-state index contributed by atoms with van der Waals surface area (Å²) in [7, 11) is -1.61. The van der Waals surface area contributed by atoms with Gasteiger partial charge in [0.1, 0.15) is 5.58 Å². The van der Waals surface area contributed by atoms with Gasteiger partial charge in [0.25, 0.3) is 0 Å². The van der Waals surface area contributed by atoms with Crippen LogP contribution in [0.5, 0.6) is 0 Å². The van der Waals surface area contributed by atoms with E-state index >= 15 is 0 Å². The maximum absolute atomic E-state index is 8.48. The van der Waals surface area contributed by atoms with Gasteiger partial charge < -0.3 is 14.4 Å². The van der Waals surface area contributed by atoms with E-state index in [1.807, 2.05) is 64.2 Å². The van der Waals surface area contributed by atoms with Crippen LogP contribution in [0.25, 0.3) is 44.5 Å². The summed E-state index contributed by atoms with van der Waals surface area (Å²) in [6.07, 6.45) is 3.66. The predicted octanol–water partition coefficient (Wildman–Crippen LogP) is 12.4. The van der Waals surface area contributed by atoms with Crippen molar-refractivity contribution in [1.82, 2.24) is 9.97 Å². The molecule has 0 bridgehead atoms. The van der Waals surface area contributed by atoms with Gasteiger partial charge in [-0.05, 0) is 51.6 Å². The molecule has 269 valence electrons. The normalized spacial score (nSPS) is 13.9. The molecule has 3 nitrogen and oxygen atoms in total. The average molecular weight is 884 g/mol. The molecule has 4 aromatic carbocycles. The first kappa shape index (κ1) is 32.5. The van der Waals surface area contributed by atoms with E-state index in [1.165, 1.54) is 22.4 Å². The van der Waals surface area contributed by atoms with Crippen molar-refractivity contribution in [2.45, 2.75) is 85.2 Å². The van der Waals surface area contributed by atoms with E-state index < -0.39 is 26.7 Å². The van der Waals surface area contributed by atoms with Crippen molar-refractivity contribution in [3.8, 4) is 22.5 Å². The Hall–Kier alpha value is -4.15. The Bertz CT molecular complexity index is 2490. The third kappa shape index (κ3) is 8.23. The molecule has 0 aliphatic rings. The van der Waals surface area contributed by atoms with Crippen LogP contribution in [0.1, 0.15) is 88.0 Å². The molecule has 0 atom stereocenters. The third-order valence-electron chi connectivity index (χ3n) is 9.55. The molecule has 0 unspecified atom stereocenters. The quantitative estimate of drug-likeness (QED) is 0.118. The van der Waals surface area contributed by atoms with Crippen LogP contribution in [-0.2, 0) is 25.5 Å². The molecule has 0 amide bonds. The summed E-state index contributed by atoms with van der Waals surface area (Å²) in [6.45, 7) is 16.7. The van der Waals surface area contributed by atoms with Gasteiger partial charge in [0.2, 0.25) is 0 Å². The van der Waals surface area contributed by atoms with Crippen molar-refractivity contribution in [2.75, 3.05) is 0 Å². The maximum atomic E-state index is 8.48. The number of aryl methyl sites for hydroxylation is 1. The molecule has 0 saturated carbocycles. The summed E-state index contributed by atoms with van der Waals surface area (Å²) < 4.78 is 45.4. The Morgan fingerprint density at radius 3 is 2.15 bits per heavy atom. The summed E-state index contributed by atoms with van der Waals surface area (Å²) in [5.74, 6) is -1.40. The zero-order valence-electron chi connectivity index (χ0n) is 36.5. The Kier molecular flexibility index (Phi) is 9.90. The largest absolute Gasteiger partial charge is 0.500 e. The summed E-state index contributed by atoms with van der Waals surface area (Å²) in [5, 5.41) is 3.37. The van der Waals surface area contributed by atoms with E-state index in [1.54, 1.807) is 18.3 Å². The van der Waals surface area contributed by atoms with E-state index in [0.29, 0.717) is 0 Å². The van der Waals surface area contributed by atoms with Crippen LogP contribution < -0.4 is 5.19 Å². The van der Waals surface area contributed by atoms with E-state index in [0.717, 1.165) is 55.6 Å². The fraction of sp³-hybridized carbons (Fsp3) is 0.277. The van der Waals surface area contributed by atoms with Crippen molar-refractivity contribution in [2.24, 2.45) is 0 Å². The van der Waals surface area contributed by atoms with Crippen LogP contribution >= 0.6 is 0 Å². The second-order valence-corrected chi connectivity index (χ2v) is 20.2. The van der Waals surface area contributed by atoms with Crippen LogP contribution in [0.3, 0.4) is 0 Å². The molecule has 0 saturated heterocycles. The monoisotopic (exact) mass is 884 g/mol. The molecule has 7 rings (SSSR count). The Labute approximate surface area is 332 Å². The molecular formula is C47H50IrN2OSi-2. The first-order valence-electron chi connectivity index (χ1n) is 20.0. The molecule has 1 radical (unpaired) electrons. The van der Waals surface area contributed by atoms with Gasteiger partial charge in [0.15, 0.2) is 0 Å². The fourth-order valence-electron chi connectivity index (χ4n) is 6.54. The number of hydrogen-bond donors (Lipinski definition) is 0. The van der Waals surface area contributed by atoms with Crippen molar-refractivity contribution in [3.63, 3.8) is 0 Å². The van der Waals surface area contributed by atoms with Crippen molar-refractivity contribution in [3.05, 3.63) is 149 Å². The van der Waals surface area contributed by atoms with E-state index in [2.05, 4.69) is 104 Å². The second-order valence-electron chi connectivity index (χ2n) is 15.2. The minimum Gasteiger partial charge on any atom is -0.500 e. The number of aromatic nitrogens is 2. The molecule has 5 heteroatoms. The number of nitrogens with zero attached hydrogens (tertiary/aromatic N) is 2. The molecule has 52 heavy (non-hydrogen) atoms. The Morgan fingerprint density at radius 1 is 0.769 bits per heavy atom. The molecule has 0 fully saturated rings. The number of hydrogen-bond acceptors (Lipinski definition) is 3.